The van der Waals surface area contributed by atoms with Crippen LogP contribution < -0.4 is 10.6 Å². The summed E-state index contributed by atoms with van der Waals surface area (Å²) in [5.41, 5.74) is 4.51. The number of ether oxygens (including phenoxy) is 1. The number of carboxylic acid groups (broad SMARTS) is 1. The molecule has 2 atom stereocenters. The summed E-state index contributed by atoms with van der Waals surface area (Å²) in [6.45, 7) is 7.77. The smallest absolute Gasteiger partial charge is 0.407 e. The van der Waals surface area contributed by atoms with Crippen LogP contribution in [0.5, 0.6) is 0 Å². The zero-order valence-corrected chi connectivity index (χ0v) is 20.2. The van der Waals surface area contributed by atoms with Crippen LogP contribution in [0.3, 0.4) is 0 Å². The van der Waals surface area contributed by atoms with E-state index in [2.05, 4.69) is 22.8 Å². The SMILES string of the molecule is CC(C)C[C@@H](NC(=O)OCC1c2ccccc2-c2ccccc21)C(=O)NC(CC(=O)O)C(C)C. The maximum absolute atomic E-state index is 12.9. The van der Waals surface area contributed by atoms with Crippen molar-refractivity contribution in [1.82, 2.24) is 10.6 Å². The molecule has 0 radical (unpaired) electrons. The predicted molar refractivity (Wildman–Crippen MR) is 130 cm³/mol. The van der Waals surface area contributed by atoms with E-state index in [1.165, 1.54) is 0 Å². The van der Waals surface area contributed by atoms with Crippen LogP contribution in [0.1, 0.15) is 57.6 Å². The molecule has 2 amide bonds. The molecule has 0 bridgehead atoms. The van der Waals surface area contributed by atoms with Crippen molar-refractivity contribution >= 4 is 18.0 Å². The third-order valence-corrected chi connectivity index (χ3v) is 6.19. The van der Waals surface area contributed by atoms with Gasteiger partial charge in [0.1, 0.15) is 12.6 Å². The first-order chi connectivity index (χ1) is 16.2. The normalized spacial score (nSPS) is 14.3. The molecule has 1 aliphatic rings. The molecule has 0 aromatic heterocycles. The van der Waals surface area contributed by atoms with Gasteiger partial charge in [0.05, 0.1) is 6.42 Å². The first-order valence-electron chi connectivity index (χ1n) is 11.8. The van der Waals surface area contributed by atoms with Gasteiger partial charge in [0.25, 0.3) is 0 Å². The molecule has 0 saturated carbocycles. The van der Waals surface area contributed by atoms with Crippen molar-refractivity contribution < 1.29 is 24.2 Å². The molecular formula is C27H34N2O5. The van der Waals surface area contributed by atoms with Crippen LogP contribution in [-0.4, -0.2) is 41.8 Å². The summed E-state index contributed by atoms with van der Waals surface area (Å²) >= 11 is 0. The Bertz CT molecular complexity index is 988. The van der Waals surface area contributed by atoms with Crippen molar-refractivity contribution in [2.24, 2.45) is 11.8 Å². The van der Waals surface area contributed by atoms with Crippen molar-refractivity contribution in [2.75, 3.05) is 6.61 Å². The lowest BCUT2D eigenvalue weighted by molar-refractivity contribution is -0.138. The molecule has 2 aromatic carbocycles. The molecule has 0 saturated heterocycles. The van der Waals surface area contributed by atoms with Crippen LogP contribution in [0.15, 0.2) is 48.5 Å². The number of carbonyl (C=O) groups is 3. The molecule has 182 valence electrons. The Balaban J connectivity index is 1.66. The highest BCUT2D eigenvalue weighted by molar-refractivity contribution is 5.86. The second-order valence-electron chi connectivity index (χ2n) is 9.61. The molecule has 0 aliphatic heterocycles. The zero-order chi connectivity index (χ0) is 24.8. The van der Waals surface area contributed by atoms with Gasteiger partial charge in [0, 0.05) is 12.0 Å². The van der Waals surface area contributed by atoms with Crippen molar-refractivity contribution in [1.29, 1.82) is 0 Å². The molecule has 3 N–H and O–H groups in total. The molecule has 0 fully saturated rings. The average molecular weight is 467 g/mol. The van der Waals surface area contributed by atoms with Crippen molar-refractivity contribution in [3.8, 4) is 11.1 Å². The molecule has 1 unspecified atom stereocenters. The number of carbonyl (C=O) groups excluding carboxylic acids is 2. The summed E-state index contributed by atoms with van der Waals surface area (Å²) in [6.07, 6.45) is -0.432. The first kappa shape index (κ1) is 25.3. The largest absolute Gasteiger partial charge is 0.481 e. The van der Waals surface area contributed by atoms with E-state index in [1.807, 2.05) is 64.1 Å². The fraction of sp³-hybridized carbons (Fsp3) is 0.444. The summed E-state index contributed by atoms with van der Waals surface area (Å²) in [6, 6.07) is 14.8. The van der Waals surface area contributed by atoms with E-state index < -0.39 is 30.1 Å². The number of fused-ring (bicyclic) bond motifs is 3. The maximum Gasteiger partial charge on any atom is 0.407 e. The predicted octanol–water partition coefficient (Wildman–Crippen LogP) is 4.56. The maximum atomic E-state index is 12.9. The Kier molecular flexibility index (Phi) is 8.31. The van der Waals surface area contributed by atoms with Gasteiger partial charge in [-0.25, -0.2) is 4.79 Å². The minimum atomic E-state index is -0.982. The van der Waals surface area contributed by atoms with Gasteiger partial charge in [0.15, 0.2) is 0 Å². The number of hydrogen-bond acceptors (Lipinski definition) is 4. The van der Waals surface area contributed by atoms with E-state index in [0.717, 1.165) is 22.3 Å². The van der Waals surface area contributed by atoms with Crippen molar-refractivity contribution in [3.05, 3.63) is 59.7 Å². The molecule has 7 heteroatoms. The molecule has 7 nitrogen and oxygen atoms in total. The average Bonchev–Trinajstić information content (AvgIpc) is 3.10. The summed E-state index contributed by atoms with van der Waals surface area (Å²) in [4.78, 5) is 36.8. The fourth-order valence-electron chi connectivity index (χ4n) is 4.41. The van der Waals surface area contributed by atoms with Gasteiger partial charge in [0.2, 0.25) is 5.91 Å². The van der Waals surface area contributed by atoms with E-state index in [9.17, 15) is 14.4 Å². The number of alkyl carbamates (subject to hydrolysis) is 1. The standard InChI is InChI=1S/C27H34N2O5/c1-16(2)13-24(26(32)28-23(17(3)4)14-25(30)31)29-27(33)34-15-22-20-11-7-5-9-18(20)19-10-6-8-12-21(19)22/h5-12,16-17,22-24H,13-15H2,1-4H3,(H,28,32)(H,29,33)(H,30,31)/t23?,24-/m1/s1. The van der Waals surface area contributed by atoms with Crippen LogP contribution in [0.2, 0.25) is 0 Å². The highest BCUT2D eigenvalue weighted by Crippen LogP contribution is 2.44. The topological polar surface area (TPSA) is 105 Å². The van der Waals surface area contributed by atoms with Gasteiger partial charge in [-0.2, -0.15) is 0 Å². The minimum Gasteiger partial charge on any atom is -0.481 e. The molecule has 0 spiro atoms. The molecule has 3 rings (SSSR count). The van der Waals surface area contributed by atoms with E-state index in [0.29, 0.717) is 6.42 Å². The summed E-state index contributed by atoms with van der Waals surface area (Å²) in [7, 11) is 0. The lowest BCUT2D eigenvalue weighted by Gasteiger charge is -2.26. The highest BCUT2D eigenvalue weighted by atomic mass is 16.5. The highest BCUT2D eigenvalue weighted by Gasteiger charge is 2.30. The van der Waals surface area contributed by atoms with E-state index in [-0.39, 0.29) is 30.8 Å². The Labute approximate surface area is 200 Å². The molecule has 0 heterocycles. The van der Waals surface area contributed by atoms with Gasteiger partial charge in [-0.1, -0.05) is 76.2 Å². The monoisotopic (exact) mass is 466 g/mol. The molecule has 1 aliphatic carbocycles. The Hall–Kier alpha value is -3.35. The van der Waals surface area contributed by atoms with Crippen LogP contribution in [-0.2, 0) is 14.3 Å². The van der Waals surface area contributed by atoms with Crippen LogP contribution in [0.4, 0.5) is 4.79 Å². The summed E-state index contributed by atoms with van der Waals surface area (Å²) < 4.78 is 5.59. The second-order valence-corrected chi connectivity index (χ2v) is 9.61. The molecule has 2 aromatic rings. The molecular weight excluding hydrogens is 432 g/mol. The number of amides is 2. The van der Waals surface area contributed by atoms with Gasteiger partial charge in [-0.3, -0.25) is 9.59 Å². The van der Waals surface area contributed by atoms with E-state index >= 15 is 0 Å². The summed E-state index contributed by atoms with van der Waals surface area (Å²) in [5, 5.41) is 14.6. The van der Waals surface area contributed by atoms with Crippen LogP contribution in [0.25, 0.3) is 11.1 Å². The summed E-state index contributed by atoms with van der Waals surface area (Å²) in [5.74, 6) is -1.38. The minimum absolute atomic E-state index is 0.0609. The quantitative estimate of drug-likeness (QED) is 0.476. The van der Waals surface area contributed by atoms with Gasteiger partial charge >= 0.3 is 12.1 Å². The Morgan fingerprint density at radius 2 is 1.47 bits per heavy atom. The number of aliphatic carboxylic acids is 1. The van der Waals surface area contributed by atoms with Gasteiger partial charge < -0.3 is 20.5 Å². The Morgan fingerprint density at radius 1 is 0.912 bits per heavy atom. The number of benzene rings is 2. The second kappa shape index (κ2) is 11.2. The van der Waals surface area contributed by atoms with Crippen LogP contribution >= 0.6 is 0 Å². The third kappa shape index (κ3) is 6.16. The first-order valence-corrected chi connectivity index (χ1v) is 11.8. The Morgan fingerprint density at radius 3 is 1.97 bits per heavy atom. The fourth-order valence-corrected chi connectivity index (χ4v) is 4.41. The lowest BCUT2D eigenvalue weighted by atomic mass is 9.98. The van der Waals surface area contributed by atoms with Crippen molar-refractivity contribution in [2.45, 2.75) is 58.5 Å². The number of carboxylic acids is 1. The lowest BCUT2D eigenvalue weighted by Crippen LogP contribution is -2.51. The third-order valence-electron chi connectivity index (χ3n) is 6.19. The van der Waals surface area contributed by atoms with Crippen molar-refractivity contribution in [3.63, 3.8) is 0 Å². The number of hydrogen-bond donors (Lipinski definition) is 3. The van der Waals surface area contributed by atoms with Gasteiger partial charge in [-0.05, 0) is 40.5 Å². The number of rotatable bonds is 10. The zero-order valence-electron chi connectivity index (χ0n) is 20.2. The molecule has 34 heavy (non-hydrogen) atoms. The van der Waals surface area contributed by atoms with E-state index in [4.69, 9.17) is 9.84 Å². The number of nitrogens with one attached hydrogen (secondary N) is 2. The van der Waals surface area contributed by atoms with E-state index in [1.54, 1.807) is 0 Å². The van der Waals surface area contributed by atoms with Crippen LogP contribution in [0, 0.1) is 11.8 Å². The van der Waals surface area contributed by atoms with Gasteiger partial charge in [-0.15, -0.1) is 0 Å².